The van der Waals surface area contributed by atoms with Gasteiger partial charge >= 0.3 is 0 Å². The number of halogens is 1. The number of hydrogen-bond acceptors (Lipinski definition) is 4. The topological polar surface area (TPSA) is 63.7 Å². The Hall–Kier alpha value is -2.06. The summed E-state index contributed by atoms with van der Waals surface area (Å²) < 4.78 is 7.42. The molecule has 102 valence electrons. The average Bonchev–Trinajstić information content (AvgIpc) is 3.22. The molecule has 1 saturated carbocycles. The number of ether oxygens (including phenoxy) is 1. The van der Waals surface area contributed by atoms with Crippen molar-refractivity contribution in [1.82, 2.24) is 15.0 Å². The van der Waals surface area contributed by atoms with Crippen LogP contribution in [0.1, 0.15) is 30.1 Å². The second-order valence-electron chi connectivity index (χ2n) is 4.73. The van der Waals surface area contributed by atoms with Gasteiger partial charge in [0.2, 0.25) is 0 Å². The van der Waals surface area contributed by atoms with Crippen LogP contribution in [0.3, 0.4) is 0 Å². The van der Waals surface area contributed by atoms with E-state index in [4.69, 9.17) is 21.6 Å². The van der Waals surface area contributed by atoms with E-state index in [-0.39, 0.29) is 0 Å². The third kappa shape index (κ3) is 2.75. The first-order valence-electron chi connectivity index (χ1n) is 6.50. The lowest BCUT2D eigenvalue weighted by molar-refractivity contribution is 0.287. The fraction of sp³-hybridized carbons (Fsp3) is 0.357. The molecule has 0 unspecified atom stereocenters. The molecular weight excluding hydrogens is 276 g/mol. The molecule has 1 heterocycles. The smallest absolute Gasteiger partial charge is 0.186 e. The van der Waals surface area contributed by atoms with Crippen LogP contribution in [0.4, 0.5) is 0 Å². The Morgan fingerprint density at radius 3 is 2.75 bits per heavy atom. The molecule has 0 radical (unpaired) electrons. The van der Waals surface area contributed by atoms with Crippen molar-refractivity contribution in [2.45, 2.75) is 25.3 Å². The molecule has 5 nitrogen and oxygen atoms in total. The highest BCUT2D eigenvalue weighted by Crippen LogP contribution is 2.40. The average molecular weight is 289 g/mol. The number of hydrogen-bond donors (Lipinski definition) is 0. The van der Waals surface area contributed by atoms with E-state index in [1.54, 1.807) is 16.8 Å². The quantitative estimate of drug-likeness (QED) is 0.848. The first-order chi connectivity index (χ1) is 9.78. The molecular formula is C14H13ClN4O. The van der Waals surface area contributed by atoms with Gasteiger partial charge in [0.25, 0.3) is 0 Å². The molecule has 0 N–H and O–H groups in total. The van der Waals surface area contributed by atoms with Crippen LogP contribution in [0.2, 0.25) is 5.02 Å². The van der Waals surface area contributed by atoms with E-state index in [2.05, 4.69) is 16.4 Å². The van der Waals surface area contributed by atoms with Gasteiger partial charge in [0, 0.05) is 10.9 Å². The van der Waals surface area contributed by atoms with Gasteiger partial charge in [-0.1, -0.05) is 16.8 Å². The molecule has 6 heteroatoms. The van der Waals surface area contributed by atoms with E-state index < -0.39 is 0 Å². The highest BCUT2D eigenvalue weighted by Gasteiger charge is 2.31. The van der Waals surface area contributed by atoms with Crippen LogP contribution in [0.25, 0.3) is 0 Å². The maximum atomic E-state index is 9.03. The molecule has 0 atom stereocenters. The first kappa shape index (κ1) is 12.9. The Labute approximate surface area is 121 Å². The number of nitriles is 1. The number of aromatic nitrogens is 3. The number of nitrogens with zero attached hydrogens (tertiary/aromatic N) is 4. The Bertz CT molecular complexity index is 640. The first-order valence-corrected chi connectivity index (χ1v) is 6.87. The van der Waals surface area contributed by atoms with Crippen molar-refractivity contribution in [1.29, 1.82) is 5.26 Å². The molecule has 3 rings (SSSR count). The third-order valence-corrected chi connectivity index (χ3v) is 3.48. The predicted molar refractivity (Wildman–Crippen MR) is 73.7 cm³/mol. The van der Waals surface area contributed by atoms with Crippen LogP contribution in [0, 0.1) is 11.3 Å². The van der Waals surface area contributed by atoms with E-state index in [0.29, 0.717) is 29.8 Å². The molecule has 1 aromatic carbocycles. The van der Waals surface area contributed by atoms with E-state index in [0.717, 1.165) is 24.3 Å². The SMILES string of the molecule is N#Cc1nnn(CCOc2ccc(Cl)cc2)c1C1CC1. The van der Waals surface area contributed by atoms with Gasteiger partial charge in [-0.05, 0) is 37.1 Å². The summed E-state index contributed by atoms with van der Waals surface area (Å²) in [6, 6.07) is 9.33. The van der Waals surface area contributed by atoms with Crippen molar-refractivity contribution >= 4 is 11.6 Å². The fourth-order valence-corrected chi connectivity index (χ4v) is 2.23. The van der Waals surface area contributed by atoms with E-state index >= 15 is 0 Å². The molecule has 1 aliphatic carbocycles. The largest absolute Gasteiger partial charge is 0.492 e. The molecule has 0 bridgehead atoms. The van der Waals surface area contributed by atoms with Gasteiger partial charge in [-0.25, -0.2) is 4.68 Å². The van der Waals surface area contributed by atoms with Gasteiger partial charge in [-0.2, -0.15) is 5.26 Å². The lowest BCUT2D eigenvalue weighted by Gasteiger charge is -2.08. The molecule has 0 amide bonds. The molecule has 0 aliphatic heterocycles. The molecule has 1 aromatic heterocycles. The molecule has 1 aliphatic rings. The molecule has 0 saturated heterocycles. The van der Waals surface area contributed by atoms with Crippen molar-refractivity contribution in [2.24, 2.45) is 0 Å². The molecule has 1 fully saturated rings. The minimum absolute atomic E-state index is 0.440. The Morgan fingerprint density at radius 1 is 1.35 bits per heavy atom. The predicted octanol–water partition coefficient (Wildman–Crippen LogP) is 2.76. The van der Waals surface area contributed by atoms with Gasteiger partial charge < -0.3 is 4.74 Å². The highest BCUT2D eigenvalue weighted by molar-refractivity contribution is 6.30. The zero-order valence-electron chi connectivity index (χ0n) is 10.8. The molecule has 20 heavy (non-hydrogen) atoms. The second kappa shape index (κ2) is 5.51. The van der Waals surface area contributed by atoms with Crippen molar-refractivity contribution in [2.75, 3.05) is 6.61 Å². The van der Waals surface area contributed by atoms with E-state index in [1.807, 2.05) is 12.1 Å². The fourth-order valence-electron chi connectivity index (χ4n) is 2.11. The number of rotatable bonds is 5. The van der Waals surface area contributed by atoms with Gasteiger partial charge in [0.1, 0.15) is 18.4 Å². The van der Waals surface area contributed by atoms with Crippen molar-refractivity contribution in [3.05, 3.63) is 40.7 Å². The third-order valence-electron chi connectivity index (χ3n) is 3.23. The van der Waals surface area contributed by atoms with Gasteiger partial charge in [0.05, 0.1) is 12.2 Å². The zero-order chi connectivity index (χ0) is 13.9. The Morgan fingerprint density at radius 2 is 2.10 bits per heavy atom. The van der Waals surface area contributed by atoms with Crippen molar-refractivity contribution in [3.63, 3.8) is 0 Å². The summed E-state index contributed by atoms with van der Waals surface area (Å²) in [5.74, 6) is 1.21. The zero-order valence-corrected chi connectivity index (χ0v) is 11.5. The molecule has 0 spiro atoms. The minimum atomic E-state index is 0.440. The summed E-state index contributed by atoms with van der Waals surface area (Å²) in [5, 5.41) is 17.7. The lowest BCUT2D eigenvalue weighted by atomic mass is 10.2. The van der Waals surface area contributed by atoms with Crippen LogP contribution in [-0.4, -0.2) is 21.6 Å². The van der Waals surface area contributed by atoms with Gasteiger partial charge in [0.15, 0.2) is 5.69 Å². The second-order valence-corrected chi connectivity index (χ2v) is 5.17. The van der Waals surface area contributed by atoms with Crippen LogP contribution in [0.5, 0.6) is 5.75 Å². The maximum absolute atomic E-state index is 9.03. The standard InChI is InChI=1S/C14H13ClN4O/c15-11-3-5-12(6-4-11)20-8-7-19-14(10-1-2-10)13(9-16)17-18-19/h3-6,10H,1-2,7-8H2. The Kier molecular flexibility index (Phi) is 3.57. The number of benzene rings is 1. The van der Waals surface area contributed by atoms with Crippen LogP contribution in [-0.2, 0) is 6.54 Å². The summed E-state index contributed by atoms with van der Waals surface area (Å²) >= 11 is 5.81. The summed E-state index contributed by atoms with van der Waals surface area (Å²) in [6.45, 7) is 1.07. The lowest BCUT2D eigenvalue weighted by Crippen LogP contribution is -2.12. The maximum Gasteiger partial charge on any atom is 0.186 e. The summed E-state index contributed by atoms with van der Waals surface area (Å²) in [7, 11) is 0. The van der Waals surface area contributed by atoms with E-state index in [9.17, 15) is 0 Å². The normalized spacial score (nSPS) is 14.0. The van der Waals surface area contributed by atoms with Gasteiger partial charge in [-0.3, -0.25) is 0 Å². The summed E-state index contributed by atoms with van der Waals surface area (Å²) in [5.41, 5.74) is 1.39. The van der Waals surface area contributed by atoms with Crippen molar-refractivity contribution in [3.8, 4) is 11.8 Å². The monoisotopic (exact) mass is 288 g/mol. The van der Waals surface area contributed by atoms with Crippen LogP contribution >= 0.6 is 11.6 Å². The highest BCUT2D eigenvalue weighted by atomic mass is 35.5. The van der Waals surface area contributed by atoms with Crippen molar-refractivity contribution < 1.29 is 4.74 Å². The summed E-state index contributed by atoms with van der Waals surface area (Å²) in [4.78, 5) is 0. The minimum Gasteiger partial charge on any atom is -0.492 e. The summed E-state index contributed by atoms with van der Waals surface area (Å²) in [6.07, 6.45) is 2.22. The van der Waals surface area contributed by atoms with E-state index in [1.165, 1.54) is 0 Å². The Balaban J connectivity index is 1.63. The molecule has 2 aromatic rings. The van der Waals surface area contributed by atoms with Crippen LogP contribution < -0.4 is 4.74 Å². The van der Waals surface area contributed by atoms with Crippen LogP contribution in [0.15, 0.2) is 24.3 Å². The van der Waals surface area contributed by atoms with Gasteiger partial charge in [-0.15, -0.1) is 5.10 Å².